The molecule has 1 rings (SSSR count). The summed E-state index contributed by atoms with van der Waals surface area (Å²) in [6.45, 7) is 4.03. The summed E-state index contributed by atoms with van der Waals surface area (Å²) in [6, 6.07) is 0. The van der Waals surface area contributed by atoms with Crippen LogP contribution in [-0.2, 0) is 18.7 Å². The van der Waals surface area contributed by atoms with E-state index in [1.54, 1.807) is 13.8 Å². The summed E-state index contributed by atoms with van der Waals surface area (Å²) >= 11 is 0. The number of hydrogen-bond acceptors (Lipinski definition) is 4. The Labute approximate surface area is 81.9 Å². The van der Waals surface area contributed by atoms with Crippen molar-refractivity contribution in [3.8, 4) is 0 Å². The summed E-state index contributed by atoms with van der Waals surface area (Å²) in [5.74, 6) is -0.636. The van der Waals surface area contributed by atoms with Crippen LogP contribution in [0, 0.1) is 0 Å². The molecule has 1 heterocycles. The minimum absolute atomic E-state index is 0.134. The van der Waals surface area contributed by atoms with Gasteiger partial charge in [0.15, 0.2) is 5.79 Å². The van der Waals surface area contributed by atoms with Crippen LogP contribution < -0.4 is 4.72 Å². The molecule has 0 aliphatic carbocycles. The first kappa shape index (κ1) is 11.2. The van der Waals surface area contributed by atoms with E-state index in [1.165, 1.54) is 0 Å². The Balaban J connectivity index is 2.34. The Morgan fingerprint density at radius 3 is 2.62 bits per heavy atom. The molecule has 5 nitrogen and oxygen atoms in total. The first-order chi connectivity index (χ1) is 5.79. The lowest BCUT2D eigenvalue weighted by molar-refractivity contribution is -0.137. The molecule has 1 atom stereocenters. The van der Waals surface area contributed by atoms with Gasteiger partial charge in [0, 0.05) is 17.2 Å². The number of halogens is 1. The number of hydrogen-bond donors (Lipinski definition) is 1. The zero-order valence-electron chi connectivity index (χ0n) is 7.41. The minimum Gasteiger partial charge on any atom is -0.348 e. The van der Waals surface area contributed by atoms with Crippen molar-refractivity contribution in [3.63, 3.8) is 0 Å². The predicted octanol–water partition coefficient (Wildman–Crippen LogP) is 0.211. The van der Waals surface area contributed by atoms with Crippen LogP contribution >= 0.6 is 10.7 Å². The molecule has 1 aliphatic rings. The number of rotatable bonds is 3. The molecular formula is C6H12ClNO4S. The van der Waals surface area contributed by atoms with E-state index in [0.29, 0.717) is 6.61 Å². The second kappa shape index (κ2) is 3.70. The Bertz CT molecular complexity index is 276. The summed E-state index contributed by atoms with van der Waals surface area (Å²) in [4.78, 5) is 0. The van der Waals surface area contributed by atoms with Crippen LogP contribution in [0.15, 0.2) is 0 Å². The Hall–Kier alpha value is 0.120. The van der Waals surface area contributed by atoms with Crippen LogP contribution in [0.3, 0.4) is 0 Å². The van der Waals surface area contributed by atoms with Crippen molar-refractivity contribution in [2.24, 2.45) is 0 Å². The summed E-state index contributed by atoms with van der Waals surface area (Å²) in [5.41, 5.74) is 0. The highest BCUT2D eigenvalue weighted by Gasteiger charge is 2.32. The molecule has 0 amide bonds. The highest BCUT2D eigenvalue weighted by atomic mass is 35.7. The quantitative estimate of drug-likeness (QED) is 0.703. The molecule has 1 unspecified atom stereocenters. The molecule has 1 N–H and O–H groups in total. The molecule has 0 aromatic heterocycles. The summed E-state index contributed by atoms with van der Waals surface area (Å²) in [5, 5.41) is 0. The van der Waals surface area contributed by atoms with Crippen molar-refractivity contribution < 1.29 is 17.9 Å². The Kier molecular flexibility index (Phi) is 3.19. The average molecular weight is 230 g/mol. The van der Waals surface area contributed by atoms with Crippen molar-refractivity contribution in [2.75, 3.05) is 13.2 Å². The minimum atomic E-state index is -3.66. The van der Waals surface area contributed by atoms with Crippen LogP contribution in [0.25, 0.3) is 0 Å². The third-order valence-electron chi connectivity index (χ3n) is 1.55. The maximum atomic E-state index is 10.5. The lowest BCUT2D eigenvalue weighted by Gasteiger charge is -2.16. The van der Waals surface area contributed by atoms with Crippen LogP contribution in [0.4, 0.5) is 0 Å². The topological polar surface area (TPSA) is 64.6 Å². The Morgan fingerprint density at radius 2 is 2.23 bits per heavy atom. The maximum absolute atomic E-state index is 10.5. The van der Waals surface area contributed by atoms with E-state index in [2.05, 4.69) is 4.72 Å². The second-order valence-corrected chi connectivity index (χ2v) is 5.62. The molecule has 0 aromatic carbocycles. The summed E-state index contributed by atoms with van der Waals surface area (Å²) in [6.07, 6.45) is -0.275. The zero-order valence-corrected chi connectivity index (χ0v) is 8.98. The monoisotopic (exact) mass is 229 g/mol. The van der Waals surface area contributed by atoms with Crippen molar-refractivity contribution in [3.05, 3.63) is 0 Å². The smallest absolute Gasteiger partial charge is 0.297 e. The fourth-order valence-electron chi connectivity index (χ4n) is 1.06. The zero-order chi connectivity index (χ0) is 10.1. The van der Waals surface area contributed by atoms with Gasteiger partial charge in [-0.3, -0.25) is 0 Å². The molecule has 1 saturated heterocycles. The molecule has 78 valence electrons. The van der Waals surface area contributed by atoms with E-state index < -0.39 is 15.0 Å². The van der Waals surface area contributed by atoms with Gasteiger partial charge >= 0.3 is 0 Å². The van der Waals surface area contributed by atoms with E-state index in [0.717, 1.165) is 0 Å². The van der Waals surface area contributed by atoms with Gasteiger partial charge in [0.05, 0.1) is 12.7 Å². The Morgan fingerprint density at radius 1 is 1.62 bits per heavy atom. The van der Waals surface area contributed by atoms with Crippen LogP contribution in [-0.4, -0.2) is 33.5 Å². The van der Waals surface area contributed by atoms with Gasteiger partial charge in [0.25, 0.3) is 9.24 Å². The van der Waals surface area contributed by atoms with E-state index in [9.17, 15) is 8.42 Å². The van der Waals surface area contributed by atoms with Crippen molar-refractivity contribution in [2.45, 2.75) is 25.7 Å². The SMILES string of the molecule is CC1(C)OCC(CNS(=O)(=O)Cl)O1. The molecule has 13 heavy (non-hydrogen) atoms. The first-order valence-electron chi connectivity index (χ1n) is 3.79. The van der Waals surface area contributed by atoms with Gasteiger partial charge in [0.2, 0.25) is 0 Å². The maximum Gasteiger partial charge on any atom is 0.297 e. The molecule has 7 heteroatoms. The normalized spacial score (nSPS) is 27.8. The van der Waals surface area contributed by atoms with Crippen molar-refractivity contribution >= 4 is 19.9 Å². The molecule has 0 aromatic rings. The first-order valence-corrected chi connectivity index (χ1v) is 6.10. The van der Waals surface area contributed by atoms with Crippen molar-refractivity contribution in [1.82, 2.24) is 4.72 Å². The molecule has 0 bridgehead atoms. The van der Waals surface area contributed by atoms with Crippen molar-refractivity contribution in [1.29, 1.82) is 0 Å². The average Bonchev–Trinajstić information content (AvgIpc) is 2.24. The van der Waals surface area contributed by atoms with Gasteiger partial charge in [-0.15, -0.1) is 0 Å². The second-order valence-electron chi connectivity index (χ2n) is 3.24. The van der Waals surface area contributed by atoms with E-state index in [-0.39, 0.29) is 12.6 Å². The standard InChI is InChI=1S/C6H12ClNO4S/c1-6(2)11-4-5(12-6)3-8-13(7,9)10/h5,8H,3-4H2,1-2H3. The highest BCUT2D eigenvalue weighted by Crippen LogP contribution is 2.21. The molecular weight excluding hydrogens is 218 g/mol. The third kappa shape index (κ3) is 4.24. The lowest BCUT2D eigenvalue weighted by atomic mass is 10.4. The molecule has 1 aliphatic heterocycles. The number of nitrogens with one attached hydrogen (secondary N) is 1. The number of ether oxygens (including phenoxy) is 2. The van der Waals surface area contributed by atoms with E-state index in [1.807, 2.05) is 0 Å². The van der Waals surface area contributed by atoms with Gasteiger partial charge in [0.1, 0.15) is 0 Å². The largest absolute Gasteiger partial charge is 0.348 e. The third-order valence-corrected chi connectivity index (χ3v) is 2.39. The highest BCUT2D eigenvalue weighted by molar-refractivity contribution is 8.12. The van der Waals surface area contributed by atoms with E-state index in [4.69, 9.17) is 20.2 Å². The van der Waals surface area contributed by atoms with Crippen LogP contribution in [0.2, 0.25) is 0 Å². The van der Waals surface area contributed by atoms with Gasteiger partial charge in [-0.2, -0.15) is 13.1 Å². The van der Waals surface area contributed by atoms with Gasteiger partial charge < -0.3 is 9.47 Å². The fraction of sp³-hybridized carbons (Fsp3) is 1.00. The summed E-state index contributed by atoms with van der Waals surface area (Å²) < 4.78 is 33.7. The van der Waals surface area contributed by atoms with Crippen LogP contribution in [0.1, 0.15) is 13.8 Å². The molecule has 1 fully saturated rings. The van der Waals surface area contributed by atoms with Gasteiger partial charge in [-0.25, -0.2) is 0 Å². The lowest BCUT2D eigenvalue weighted by Crippen LogP contribution is -2.32. The van der Waals surface area contributed by atoms with Gasteiger partial charge in [-0.1, -0.05) is 0 Å². The molecule has 0 saturated carbocycles. The fourth-order valence-corrected chi connectivity index (χ4v) is 1.63. The van der Waals surface area contributed by atoms with Gasteiger partial charge in [-0.05, 0) is 13.8 Å². The van der Waals surface area contributed by atoms with E-state index >= 15 is 0 Å². The predicted molar refractivity (Wildman–Crippen MR) is 47.7 cm³/mol. The summed E-state index contributed by atoms with van der Waals surface area (Å²) in [7, 11) is 1.29. The van der Waals surface area contributed by atoms with Crippen LogP contribution in [0.5, 0.6) is 0 Å². The molecule has 0 spiro atoms. The molecule has 0 radical (unpaired) electrons.